The minimum absolute atomic E-state index is 0. The Balaban J connectivity index is 0.00000408. The van der Waals surface area contributed by atoms with Crippen LogP contribution < -0.4 is 13.9 Å². The molecule has 3 heterocycles. The molecule has 1 aliphatic rings. The summed E-state index contributed by atoms with van der Waals surface area (Å²) >= 11 is 0. The van der Waals surface area contributed by atoms with Crippen molar-refractivity contribution >= 4 is 61.3 Å². The van der Waals surface area contributed by atoms with Gasteiger partial charge in [-0.2, -0.15) is 12.1 Å². The Labute approximate surface area is 350 Å². The molecule has 0 aliphatic carbocycles. The average molecular weight is 924 g/mol. The largest absolute Gasteiger partial charge is 2.00 e. The van der Waals surface area contributed by atoms with Crippen LogP contribution in [-0.4, -0.2) is 15.6 Å². The van der Waals surface area contributed by atoms with Gasteiger partial charge in [0.05, 0.1) is 16.5 Å². The Hall–Kier alpha value is -7.16. The first kappa shape index (κ1) is 35.3. The summed E-state index contributed by atoms with van der Waals surface area (Å²) in [6, 6.07) is 76.0. The minimum atomic E-state index is 0. The Bertz CT molecular complexity index is 3180. The van der Waals surface area contributed by atoms with Gasteiger partial charge in [0.1, 0.15) is 11.5 Å². The summed E-state index contributed by atoms with van der Waals surface area (Å²) in [7, 11) is 0. The summed E-state index contributed by atoms with van der Waals surface area (Å²) in [4.78, 5) is 4.68. The van der Waals surface area contributed by atoms with Crippen LogP contribution in [0.25, 0.3) is 60.6 Å². The molecule has 0 amide bonds. The van der Waals surface area contributed by atoms with Gasteiger partial charge < -0.3 is 9.30 Å². The molecule has 0 unspecified atom stereocenters. The molecule has 58 heavy (non-hydrogen) atoms. The Morgan fingerprint density at radius 2 is 1.17 bits per heavy atom. The summed E-state index contributed by atoms with van der Waals surface area (Å²) < 4.78 is 13.1. The van der Waals surface area contributed by atoms with E-state index < -0.39 is 0 Å². The van der Waals surface area contributed by atoms with Crippen molar-refractivity contribution in [1.82, 2.24) is 18.7 Å². The van der Waals surface area contributed by atoms with E-state index in [2.05, 4.69) is 189 Å². The average Bonchev–Trinajstić information content (AvgIpc) is 3.83. The molecule has 2 aromatic heterocycles. The third-order valence-electron chi connectivity index (χ3n) is 10.6. The quantitative estimate of drug-likeness (QED) is 0.118. The number of fused-ring (bicyclic) bond motifs is 6. The molecule has 0 N–H and O–H groups in total. The van der Waals surface area contributed by atoms with E-state index in [0.29, 0.717) is 11.5 Å². The molecule has 0 bridgehead atoms. The predicted octanol–water partition coefficient (Wildman–Crippen LogP) is 12.9. The van der Waals surface area contributed by atoms with Crippen LogP contribution in [0, 0.1) is 12.1 Å². The first-order valence-electron chi connectivity index (χ1n) is 19.0. The maximum atomic E-state index is 6.58. The van der Waals surface area contributed by atoms with Gasteiger partial charge in [-0.15, -0.1) is 23.6 Å². The van der Waals surface area contributed by atoms with Crippen LogP contribution in [0.5, 0.6) is 11.5 Å². The molecule has 274 valence electrons. The van der Waals surface area contributed by atoms with E-state index in [0.717, 1.165) is 83.4 Å². The van der Waals surface area contributed by atoms with Crippen LogP contribution in [0.2, 0.25) is 0 Å². The SMILES string of the molecule is C1=[N+](c2[c-]c(Oc3[c-]c4c(cc3)c3ccccc3n4-c3ccccn3)ccc2)c2ccc3ccccc3c2[N+]=1c1c(-c2ccccc2)cccc1-c1ccccc1.[Pt+2]. The van der Waals surface area contributed by atoms with Gasteiger partial charge in [0.25, 0.3) is 5.69 Å². The smallest absolute Gasteiger partial charge is 0.509 e. The van der Waals surface area contributed by atoms with E-state index >= 15 is 0 Å². The van der Waals surface area contributed by atoms with Gasteiger partial charge in [-0.1, -0.05) is 131 Å². The second-order valence-electron chi connectivity index (χ2n) is 14.0. The van der Waals surface area contributed by atoms with Crippen molar-refractivity contribution < 1.29 is 25.8 Å². The van der Waals surface area contributed by atoms with E-state index in [1.54, 1.807) is 0 Å². The first-order chi connectivity index (χ1) is 28.3. The number of nitrogens with zero attached hydrogens (tertiary/aromatic N) is 4. The second-order valence-corrected chi connectivity index (χ2v) is 14.0. The van der Waals surface area contributed by atoms with Gasteiger partial charge in [0.2, 0.25) is 5.69 Å². The van der Waals surface area contributed by atoms with Crippen LogP contribution in [0.15, 0.2) is 194 Å². The summed E-state index contributed by atoms with van der Waals surface area (Å²) in [5.74, 6) is 1.98. The maximum Gasteiger partial charge on any atom is 2.00 e. The standard InChI is InChI=1S/C52H32N4O.Pt/c1-3-15-36(16-4-1)42-24-14-25-43(37-17-5-2-6-18-37)51(42)55-35-54(48-31-28-38-19-7-8-22-44(38)52(48)55)39-20-13-21-40(33-39)57-41-29-30-46-45-23-9-10-26-47(45)56(49(46)34-41)50-27-11-12-32-53-50;/h1-32H;/q;+2. The number of hydrogen-bond donors (Lipinski definition) is 0. The zero-order valence-electron chi connectivity index (χ0n) is 31.0. The molecule has 1 aliphatic heterocycles. The Kier molecular flexibility index (Phi) is 8.96. The fourth-order valence-corrected chi connectivity index (χ4v) is 8.10. The monoisotopic (exact) mass is 923 g/mol. The van der Waals surface area contributed by atoms with Crippen molar-refractivity contribution in [2.45, 2.75) is 0 Å². The molecule has 11 rings (SSSR count). The van der Waals surface area contributed by atoms with E-state index in [1.807, 2.05) is 42.6 Å². The summed E-state index contributed by atoms with van der Waals surface area (Å²) in [6.45, 7) is 0. The number of para-hydroxylation sites is 2. The fourth-order valence-electron chi connectivity index (χ4n) is 8.10. The third kappa shape index (κ3) is 5.97. The van der Waals surface area contributed by atoms with Gasteiger partial charge in [-0.25, -0.2) is 4.98 Å². The number of rotatable bonds is 7. The number of aromatic nitrogens is 2. The van der Waals surface area contributed by atoms with Crippen LogP contribution in [-0.2, 0) is 21.1 Å². The van der Waals surface area contributed by atoms with Crippen LogP contribution in [0.1, 0.15) is 0 Å². The fraction of sp³-hybridized carbons (Fsp3) is 0. The van der Waals surface area contributed by atoms with Crippen molar-refractivity contribution in [1.29, 1.82) is 0 Å². The second kappa shape index (κ2) is 14.7. The molecule has 8 aromatic carbocycles. The summed E-state index contributed by atoms with van der Waals surface area (Å²) in [5.41, 5.74) is 10.3. The van der Waals surface area contributed by atoms with Crippen LogP contribution in [0.4, 0.5) is 22.7 Å². The van der Waals surface area contributed by atoms with Crippen LogP contribution >= 0.6 is 0 Å². The predicted molar refractivity (Wildman–Crippen MR) is 232 cm³/mol. The van der Waals surface area contributed by atoms with Crippen molar-refractivity contribution in [3.63, 3.8) is 0 Å². The van der Waals surface area contributed by atoms with E-state index in [4.69, 9.17) is 4.74 Å². The van der Waals surface area contributed by atoms with Crippen LogP contribution in [0.3, 0.4) is 0 Å². The van der Waals surface area contributed by atoms with Gasteiger partial charge in [0.15, 0.2) is 0 Å². The molecule has 5 nitrogen and oxygen atoms in total. The topological polar surface area (TPSA) is 33.1 Å². The molecule has 0 radical (unpaired) electrons. The zero-order chi connectivity index (χ0) is 37.7. The van der Waals surface area contributed by atoms with Gasteiger partial charge in [-0.3, -0.25) is 0 Å². The van der Waals surface area contributed by atoms with Crippen molar-refractivity contribution in [3.8, 4) is 39.6 Å². The zero-order valence-corrected chi connectivity index (χ0v) is 33.3. The van der Waals surface area contributed by atoms with E-state index in [1.165, 1.54) is 0 Å². The van der Waals surface area contributed by atoms with Gasteiger partial charge >= 0.3 is 32.8 Å². The number of pyridine rings is 1. The molecule has 0 saturated heterocycles. The number of hydrogen-bond acceptors (Lipinski definition) is 2. The molecular weight excluding hydrogens is 892 g/mol. The normalized spacial score (nSPS) is 11.9. The molecule has 0 saturated carbocycles. The molecule has 0 fully saturated rings. The molecule has 0 spiro atoms. The Morgan fingerprint density at radius 1 is 0.500 bits per heavy atom. The number of ether oxygens (including phenoxy) is 1. The minimum Gasteiger partial charge on any atom is -0.509 e. The van der Waals surface area contributed by atoms with Crippen molar-refractivity contribution in [2.24, 2.45) is 0 Å². The summed E-state index contributed by atoms with van der Waals surface area (Å²) in [6.07, 6.45) is 1.81. The van der Waals surface area contributed by atoms with Gasteiger partial charge in [0, 0.05) is 29.3 Å². The van der Waals surface area contributed by atoms with Crippen molar-refractivity contribution in [2.75, 3.05) is 0 Å². The Morgan fingerprint density at radius 3 is 1.93 bits per heavy atom. The third-order valence-corrected chi connectivity index (χ3v) is 10.6. The molecular formula is C52H32N4OPt+2. The van der Waals surface area contributed by atoms with Crippen molar-refractivity contribution in [3.05, 3.63) is 206 Å². The molecule has 0 atom stereocenters. The first-order valence-corrected chi connectivity index (χ1v) is 19.0. The maximum absolute atomic E-state index is 6.58. The number of benzene rings is 8. The summed E-state index contributed by atoms with van der Waals surface area (Å²) in [5, 5.41) is 4.50. The van der Waals surface area contributed by atoms with Gasteiger partial charge in [-0.05, 0) is 68.9 Å². The van der Waals surface area contributed by atoms with E-state index in [-0.39, 0.29) is 21.1 Å². The molecule has 6 heteroatoms. The van der Waals surface area contributed by atoms with E-state index in [9.17, 15) is 0 Å². The molecule has 10 aromatic rings.